The fourth-order valence-electron chi connectivity index (χ4n) is 4.07. The summed E-state index contributed by atoms with van der Waals surface area (Å²) in [6.45, 7) is 3.51. The maximum Gasteiger partial charge on any atom is 0.272 e. The zero-order valence-corrected chi connectivity index (χ0v) is 17.1. The molecular formula is C22H22ClFN4O2. The molecule has 0 atom stereocenters. The van der Waals surface area contributed by atoms with Crippen LogP contribution >= 0.6 is 12.4 Å². The van der Waals surface area contributed by atoms with E-state index in [0.717, 1.165) is 24.0 Å². The molecule has 1 amide bonds. The summed E-state index contributed by atoms with van der Waals surface area (Å²) in [7, 11) is 0. The molecule has 8 heteroatoms. The monoisotopic (exact) mass is 428 g/mol. The molecule has 2 fully saturated rings. The van der Waals surface area contributed by atoms with Crippen molar-refractivity contribution in [1.82, 2.24) is 20.0 Å². The fourth-order valence-corrected chi connectivity index (χ4v) is 4.07. The first-order chi connectivity index (χ1) is 14.1. The van der Waals surface area contributed by atoms with Crippen LogP contribution in [0.4, 0.5) is 4.39 Å². The van der Waals surface area contributed by atoms with Crippen molar-refractivity contribution in [3.05, 3.63) is 75.5 Å². The first kappa shape index (κ1) is 20.5. The van der Waals surface area contributed by atoms with Crippen LogP contribution in [0.3, 0.4) is 0 Å². The van der Waals surface area contributed by atoms with Crippen molar-refractivity contribution < 1.29 is 9.18 Å². The van der Waals surface area contributed by atoms with Gasteiger partial charge in [0.1, 0.15) is 5.82 Å². The molecule has 156 valence electrons. The summed E-state index contributed by atoms with van der Waals surface area (Å²) in [6.07, 6.45) is 1.61. The Morgan fingerprint density at radius 3 is 2.57 bits per heavy atom. The molecule has 0 spiro atoms. The summed E-state index contributed by atoms with van der Waals surface area (Å²) in [4.78, 5) is 28.8. The Kier molecular flexibility index (Phi) is 5.58. The number of nitrogens with one attached hydrogen (secondary N) is 1. The molecule has 3 heterocycles. The van der Waals surface area contributed by atoms with E-state index in [0.29, 0.717) is 36.6 Å². The third-order valence-corrected chi connectivity index (χ3v) is 5.96. The van der Waals surface area contributed by atoms with Crippen LogP contribution < -0.4 is 5.56 Å². The maximum absolute atomic E-state index is 14.4. The van der Waals surface area contributed by atoms with Gasteiger partial charge in [-0.25, -0.2) is 9.49 Å². The minimum Gasteiger partial charge on any atom is -0.335 e. The molecule has 0 aliphatic carbocycles. The van der Waals surface area contributed by atoms with Crippen LogP contribution in [0.5, 0.6) is 0 Å². The molecule has 5 rings (SSSR count). The number of aromatic nitrogens is 2. The largest absolute Gasteiger partial charge is 0.335 e. The van der Waals surface area contributed by atoms with Gasteiger partial charge in [-0.3, -0.25) is 14.5 Å². The zero-order valence-electron chi connectivity index (χ0n) is 16.3. The predicted octanol–water partition coefficient (Wildman–Crippen LogP) is 2.60. The topological polar surface area (TPSA) is 69.3 Å². The van der Waals surface area contributed by atoms with Crippen LogP contribution in [0.1, 0.15) is 28.0 Å². The smallest absolute Gasteiger partial charge is 0.272 e. The number of hydrogen-bond acceptors (Lipinski definition) is 4. The average molecular weight is 429 g/mol. The van der Waals surface area contributed by atoms with Crippen molar-refractivity contribution in [2.45, 2.75) is 18.9 Å². The Balaban J connectivity index is 0.00000218. The second-order valence-corrected chi connectivity index (χ2v) is 7.79. The van der Waals surface area contributed by atoms with Gasteiger partial charge in [-0.2, -0.15) is 5.10 Å². The molecule has 1 N–H and O–H groups in total. The van der Waals surface area contributed by atoms with Crippen LogP contribution in [0.2, 0.25) is 0 Å². The molecular weight excluding hydrogens is 407 g/mol. The Morgan fingerprint density at radius 2 is 1.87 bits per heavy atom. The lowest BCUT2D eigenvalue weighted by molar-refractivity contribution is 0.00389. The SMILES string of the molecule is Cl.O=C(c1cc(Cc2n[nH]c(=O)c3ccccc23)ccc1F)N1CC(N2CCC2)C1. The molecule has 2 aliphatic heterocycles. The zero-order chi connectivity index (χ0) is 20.0. The lowest BCUT2D eigenvalue weighted by Crippen LogP contribution is -2.64. The van der Waals surface area contributed by atoms with Gasteiger partial charge in [0.05, 0.1) is 16.6 Å². The van der Waals surface area contributed by atoms with E-state index in [4.69, 9.17) is 0 Å². The number of aromatic amines is 1. The van der Waals surface area contributed by atoms with Gasteiger partial charge in [0.25, 0.3) is 11.5 Å². The number of amides is 1. The summed E-state index contributed by atoms with van der Waals surface area (Å²) in [5, 5.41) is 8.01. The van der Waals surface area contributed by atoms with Gasteiger partial charge in [0, 0.05) is 30.9 Å². The molecule has 2 saturated heterocycles. The Bertz CT molecular complexity index is 1160. The summed E-state index contributed by atoms with van der Waals surface area (Å²) in [5.41, 5.74) is 1.32. The highest BCUT2D eigenvalue weighted by molar-refractivity contribution is 5.95. The minimum atomic E-state index is -0.509. The minimum absolute atomic E-state index is 0. The maximum atomic E-state index is 14.4. The van der Waals surface area contributed by atoms with Gasteiger partial charge < -0.3 is 4.90 Å². The molecule has 2 aliphatic rings. The highest BCUT2D eigenvalue weighted by Crippen LogP contribution is 2.24. The first-order valence-electron chi connectivity index (χ1n) is 9.88. The van der Waals surface area contributed by atoms with Gasteiger partial charge in [0.2, 0.25) is 0 Å². The lowest BCUT2D eigenvalue weighted by Gasteiger charge is -2.49. The number of fused-ring (bicyclic) bond motifs is 1. The van der Waals surface area contributed by atoms with E-state index in [2.05, 4.69) is 15.1 Å². The van der Waals surface area contributed by atoms with E-state index >= 15 is 0 Å². The number of carbonyl (C=O) groups excluding carboxylic acids is 1. The van der Waals surface area contributed by atoms with Crippen LogP contribution in [0, 0.1) is 5.82 Å². The highest BCUT2D eigenvalue weighted by Gasteiger charge is 2.37. The Hall–Kier alpha value is -2.77. The van der Waals surface area contributed by atoms with E-state index < -0.39 is 5.82 Å². The second-order valence-electron chi connectivity index (χ2n) is 7.79. The molecule has 2 aromatic carbocycles. The van der Waals surface area contributed by atoms with Crippen LogP contribution in [0.25, 0.3) is 10.8 Å². The molecule has 0 unspecified atom stereocenters. The number of hydrogen-bond donors (Lipinski definition) is 1. The Labute approximate surface area is 179 Å². The van der Waals surface area contributed by atoms with Gasteiger partial charge in [0.15, 0.2) is 0 Å². The van der Waals surface area contributed by atoms with Crippen molar-refractivity contribution in [3.8, 4) is 0 Å². The molecule has 6 nitrogen and oxygen atoms in total. The van der Waals surface area contributed by atoms with Crippen molar-refractivity contribution in [1.29, 1.82) is 0 Å². The molecule has 0 bridgehead atoms. The van der Waals surface area contributed by atoms with Gasteiger partial charge in [-0.1, -0.05) is 24.3 Å². The second kappa shape index (κ2) is 8.16. The van der Waals surface area contributed by atoms with Crippen molar-refractivity contribution in [2.75, 3.05) is 26.2 Å². The van der Waals surface area contributed by atoms with Crippen molar-refractivity contribution in [3.63, 3.8) is 0 Å². The highest BCUT2D eigenvalue weighted by atomic mass is 35.5. The molecule has 0 radical (unpaired) electrons. The lowest BCUT2D eigenvalue weighted by atomic mass is 9.99. The summed E-state index contributed by atoms with van der Waals surface area (Å²) in [6, 6.07) is 12.3. The predicted molar refractivity (Wildman–Crippen MR) is 115 cm³/mol. The van der Waals surface area contributed by atoms with Crippen LogP contribution in [0.15, 0.2) is 47.3 Å². The van der Waals surface area contributed by atoms with Crippen LogP contribution in [-0.2, 0) is 6.42 Å². The number of carbonyl (C=O) groups is 1. The molecule has 3 aromatic rings. The number of likely N-dealkylation sites (tertiary alicyclic amines) is 2. The number of halogens is 2. The quantitative estimate of drug-likeness (QED) is 0.693. The fraction of sp³-hybridized carbons (Fsp3) is 0.318. The van der Waals surface area contributed by atoms with Crippen molar-refractivity contribution in [2.24, 2.45) is 0 Å². The summed E-state index contributed by atoms with van der Waals surface area (Å²) in [5.74, 6) is -0.772. The number of rotatable bonds is 4. The van der Waals surface area contributed by atoms with E-state index in [1.54, 1.807) is 29.2 Å². The summed E-state index contributed by atoms with van der Waals surface area (Å²) < 4.78 is 14.4. The Morgan fingerprint density at radius 1 is 1.13 bits per heavy atom. The van der Waals surface area contributed by atoms with E-state index in [1.165, 1.54) is 12.5 Å². The third-order valence-electron chi connectivity index (χ3n) is 5.96. The normalized spacial score (nSPS) is 16.6. The van der Waals surface area contributed by atoms with E-state index in [-0.39, 0.29) is 29.4 Å². The summed E-state index contributed by atoms with van der Waals surface area (Å²) >= 11 is 0. The van der Waals surface area contributed by atoms with E-state index in [9.17, 15) is 14.0 Å². The molecule has 0 saturated carbocycles. The van der Waals surface area contributed by atoms with E-state index in [1.807, 2.05) is 12.1 Å². The van der Waals surface area contributed by atoms with Gasteiger partial charge in [-0.15, -0.1) is 12.4 Å². The average Bonchev–Trinajstić information content (AvgIpc) is 2.66. The first-order valence-corrected chi connectivity index (χ1v) is 9.88. The third kappa shape index (κ3) is 3.59. The van der Waals surface area contributed by atoms with Gasteiger partial charge in [-0.05, 0) is 43.3 Å². The van der Waals surface area contributed by atoms with Crippen LogP contribution in [-0.4, -0.2) is 58.1 Å². The van der Waals surface area contributed by atoms with Crippen molar-refractivity contribution >= 4 is 29.1 Å². The molecule has 1 aromatic heterocycles. The number of benzene rings is 2. The standard InChI is InChI=1S/C22H21FN4O2.ClH/c23-19-7-6-14(11-20-16-4-1-2-5-17(16)21(28)25-24-20)10-18(19)22(29)27-12-15(13-27)26-8-3-9-26;/h1-2,4-7,10,15H,3,8-9,11-13H2,(H,25,28);1H. The van der Waals surface area contributed by atoms with Gasteiger partial charge >= 0.3 is 0 Å². The number of H-pyrrole nitrogens is 1. The molecule has 30 heavy (non-hydrogen) atoms. The number of nitrogens with zero attached hydrogens (tertiary/aromatic N) is 3.